The second-order valence-electron chi connectivity index (χ2n) is 16.5. The van der Waals surface area contributed by atoms with Crippen LogP contribution in [0.5, 0.6) is 0 Å². The summed E-state index contributed by atoms with van der Waals surface area (Å²) in [6.07, 6.45) is -14.7. The number of nitrogens with two attached hydrogens (primary N) is 3. The van der Waals surface area contributed by atoms with E-state index in [4.69, 9.17) is 66.1 Å². The van der Waals surface area contributed by atoms with Crippen molar-refractivity contribution in [2.75, 3.05) is 44.1 Å². The van der Waals surface area contributed by atoms with Crippen LogP contribution in [-0.2, 0) is 78.2 Å². The van der Waals surface area contributed by atoms with Gasteiger partial charge in [0.05, 0.1) is 39.5 Å². The molecule has 410 valence electrons. The van der Waals surface area contributed by atoms with Crippen LogP contribution in [0.15, 0.2) is 34.9 Å². The van der Waals surface area contributed by atoms with E-state index in [2.05, 4.69) is 48.5 Å². The topological polar surface area (TPSA) is 545 Å². The van der Waals surface area contributed by atoms with Gasteiger partial charge in [0.2, 0.25) is 24.5 Å². The first-order valence-electron chi connectivity index (χ1n) is 21.2. The lowest BCUT2D eigenvalue weighted by molar-refractivity contribution is -0.646. The lowest BCUT2D eigenvalue weighted by atomic mass is 10.1. The van der Waals surface area contributed by atoms with Crippen LogP contribution in [0.3, 0.4) is 0 Å². The zero-order chi connectivity index (χ0) is 54.3. The van der Waals surface area contributed by atoms with E-state index in [1.54, 1.807) is 0 Å². The van der Waals surface area contributed by atoms with Gasteiger partial charge in [0.1, 0.15) is 66.8 Å². The summed E-state index contributed by atoms with van der Waals surface area (Å²) >= 11 is 5.28. The number of hydrogen-bond acceptors (Lipinski definition) is 29. The number of ether oxygens (including phenoxy) is 4. The van der Waals surface area contributed by atoms with Crippen LogP contribution in [0, 0.1) is 0 Å². The number of aliphatic hydroxyl groups is 4. The number of nitrogens with zero attached hydrogens (tertiary/aromatic N) is 10. The molecule has 9 heterocycles. The summed E-state index contributed by atoms with van der Waals surface area (Å²) in [6.45, 7) is -7.70. The maximum atomic E-state index is 13.2. The fourth-order valence-corrected chi connectivity index (χ4v) is 13.3. The van der Waals surface area contributed by atoms with Gasteiger partial charge in [0, 0.05) is 7.11 Å². The first kappa shape index (κ1) is 55.0. The maximum Gasteiger partial charge on any atom is 0.490 e. The highest BCUT2D eigenvalue weighted by molar-refractivity contribution is 8.07. The van der Waals surface area contributed by atoms with E-state index in [0.717, 1.165) is 28.9 Å². The quantitative estimate of drug-likeness (QED) is 0.0268. The van der Waals surface area contributed by atoms with Crippen molar-refractivity contribution in [1.29, 1.82) is 0 Å². The summed E-state index contributed by atoms with van der Waals surface area (Å²) in [5.41, 5.74) is 15.7. The Bertz CT molecular complexity index is 3470. The first-order valence-corrected chi connectivity index (χ1v) is 28.2. The van der Waals surface area contributed by atoms with Crippen molar-refractivity contribution in [3.8, 4) is 0 Å². The molecule has 3 aliphatic heterocycles. The van der Waals surface area contributed by atoms with Crippen molar-refractivity contribution < 1.29 is 104 Å². The summed E-state index contributed by atoms with van der Waals surface area (Å²) in [5.74, 6) is -0.648. The number of aliphatic hydroxyl groups excluding tert-OH is 4. The molecule has 3 aliphatic rings. The number of anilines is 3. The molecule has 0 saturated carbocycles. The van der Waals surface area contributed by atoms with Gasteiger partial charge in [-0.25, -0.2) is 38.2 Å². The summed E-state index contributed by atoms with van der Waals surface area (Å²) < 4.78 is 96.5. The lowest BCUT2D eigenvalue weighted by Gasteiger charge is -2.28. The second kappa shape index (κ2) is 20.6. The third-order valence-electron chi connectivity index (χ3n) is 11.6. The number of aromatic amines is 2. The smallest absolute Gasteiger partial charge is 0.387 e. The largest absolute Gasteiger partial charge is 0.490 e. The molecular weight excluding hydrogens is 1120 g/mol. The fourth-order valence-electron chi connectivity index (χ4n) is 8.29. The van der Waals surface area contributed by atoms with E-state index < -0.39 is 135 Å². The van der Waals surface area contributed by atoms with Crippen LogP contribution in [0.25, 0.3) is 33.5 Å². The number of imidazole rings is 3. The van der Waals surface area contributed by atoms with Gasteiger partial charge in [0.15, 0.2) is 35.1 Å². The molecule has 0 aromatic carbocycles. The van der Waals surface area contributed by atoms with Gasteiger partial charge in [0.25, 0.3) is 16.7 Å². The zero-order valence-corrected chi connectivity index (χ0v) is 42.4. The maximum absolute atomic E-state index is 13.2. The van der Waals surface area contributed by atoms with E-state index in [9.17, 15) is 63.3 Å². The van der Waals surface area contributed by atoms with Crippen LogP contribution < -0.4 is 32.9 Å². The van der Waals surface area contributed by atoms with Gasteiger partial charge < -0.3 is 80.7 Å². The third kappa shape index (κ3) is 11.1. The molecule has 0 aliphatic carbocycles. The molecule has 16 N–H and O–H groups in total. The molecule has 16 unspecified atom stereocenters. The number of fused-ring (bicyclic) bond motifs is 3. The van der Waals surface area contributed by atoms with Gasteiger partial charge in [-0.1, -0.05) is 0 Å². The Morgan fingerprint density at radius 3 is 1.80 bits per heavy atom. The van der Waals surface area contributed by atoms with Gasteiger partial charge in [-0.3, -0.25) is 42.3 Å². The van der Waals surface area contributed by atoms with Gasteiger partial charge in [-0.2, -0.15) is 23.2 Å². The molecule has 75 heavy (non-hydrogen) atoms. The number of aromatic nitrogens is 12. The van der Waals surface area contributed by atoms with Crippen LogP contribution in [-0.4, -0.2) is 175 Å². The number of methoxy groups -OCH3 is 1. The first-order chi connectivity index (χ1) is 35.2. The van der Waals surface area contributed by atoms with Crippen molar-refractivity contribution in [2.45, 2.75) is 73.6 Å². The van der Waals surface area contributed by atoms with E-state index in [1.807, 2.05) is 0 Å². The molecule has 3 saturated heterocycles. The normalized spacial score (nSPS) is 30.5. The average Bonchev–Trinajstić information content (AvgIpc) is 4.17. The van der Waals surface area contributed by atoms with Crippen LogP contribution in [0.1, 0.15) is 18.7 Å². The molecule has 0 spiro atoms. The summed E-state index contributed by atoms with van der Waals surface area (Å²) in [7, 11) is -15.3. The predicted molar refractivity (Wildman–Crippen MR) is 246 cm³/mol. The molecule has 0 radical (unpaired) electrons. The minimum atomic E-state index is -6.17. The predicted octanol–water partition coefficient (Wildman–Crippen LogP) is -4.59. The number of phosphoric ester groups is 2. The van der Waals surface area contributed by atoms with Crippen LogP contribution in [0.2, 0.25) is 0 Å². The molecule has 6 aromatic heterocycles. The molecule has 9 rings (SSSR count). The number of hydrogen-bond donors (Lipinski definition) is 13. The van der Waals surface area contributed by atoms with Crippen LogP contribution in [0.4, 0.5) is 17.7 Å². The molecule has 0 amide bonds. The number of phosphoric acid groups is 3. The van der Waals surface area contributed by atoms with Crippen molar-refractivity contribution in [3.05, 3.63) is 46.0 Å². The van der Waals surface area contributed by atoms with Gasteiger partial charge >= 0.3 is 35.7 Å². The Morgan fingerprint density at radius 2 is 1.19 bits per heavy atom. The molecule has 6 aromatic rings. The van der Waals surface area contributed by atoms with Crippen molar-refractivity contribution in [2.24, 2.45) is 7.05 Å². The lowest BCUT2D eigenvalue weighted by Crippen LogP contribution is -2.38. The highest BCUT2D eigenvalue weighted by Crippen LogP contribution is 2.68. The minimum Gasteiger partial charge on any atom is -0.387 e. The van der Waals surface area contributed by atoms with Gasteiger partial charge in [-0.05, 0) is 11.8 Å². The highest BCUT2D eigenvalue weighted by atomic mass is 32.5. The zero-order valence-electron chi connectivity index (χ0n) is 38.0. The highest BCUT2D eigenvalue weighted by Gasteiger charge is 2.53. The standard InChI is InChI=1S/C32H43N15O23P4S/c1-44-9-47(25-15(44)27(53)43-32(35)41-25)29-19(51)16(48)10(66-29)3-62-71(54,55)69-73(58,59)70-72(56,57)63-5-12-20(21(61-2)30(67-12)45-7-38-13-22(33)36-6-37-23(13)45)68-74(60,75)64-4-11-17(49)18(50)28(65-11)46-8-39-14-24(46)40-31(34)42-26(14)52/h6-12,16-21,28-30,48-51H,3-5H2,1-2H3,(H11-,33,34,35,36,37,40,41,42,43,52,53,54,55,56,57,58,59,60,75)/p+1. The molecular formula is C32H44N15O23P4S+. The van der Waals surface area contributed by atoms with E-state index in [-0.39, 0.29) is 51.2 Å². The molecule has 0 bridgehead atoms. The molecule has 16 atom stereocenters. The van der Waals surface area contributed by atoms with Crippen molar-refractivity contribution >= 4 is 93.2 Å². The summed E-state index contributed by atoms with van der Waals surface area (Å²) in [4.78, 5) is 96.3. The number of nitrogen functional groups attached to an aromatic ring is 3. The second-order valence-corrected chi connectivity index (χ2v) is 23.9. The molecule has 3 fully saturated rings. The third-order valence-corrected chi connectivity index (χ3v) is 17.4. The van der Waals surface area contributed by atoms with E-state index in [1.165, 1.54) is 28.8 Å². The van der Waals surface area contributed by atoms with Crippen molar-refractivity contribution in [1.82, 2.24) is 53.6 Å². The molecule has 38 nitrogen and oxygen atoms in total. The number of rotatable bonds is 19. The summed E-state index contributed by atoms with van der Waals surface area (Å²) in [6, 6.07) is 0. The Morgan fingerprint density at radius 1 is 0.667 bits per heavy atom. The Balaban J connectivity index is 0.862. The monoisotopic (exact) mass is 1160 g/mol. The fraction of sp³-hybridized carbons (Fsp3) is 0.531. The molecule has 43 heteroatoms. The Kier molecular flexibility index (Phi) is 15.1. The number of aryl methyl sites for hydroxylation is 1. The van der Waals surface area contributed by atoms with E-state index in [0.29, 0.717) is 0 Å². The Labute approximate surface area is 420 Å². The number of nitrogens with one attached hydrogen (secondary N) is 2. The van der Waals surface area contributed by atoms with Crippen LogP contribution >= 0.6 is 30.2 Å². The minimum absolute atomic E-state index is 0.0158. The van der Waals surface area contributed by atoms with E-state index >= 15 is 0 Å². The van der Waals surface area contributed by atoms with Crippen molar-refractivity contribution in [3.63, 3.8) is 0 Å². The average molecular weight is 1160 g/mol. The summed E-state index contributed by atoms with van der Waals surface area (Å²) in [5, 5.41) is 43.3. The number of H-pyrrole nitrogens is 2. The Hall–Kier alpha value is -4.73. The van der Waals surface area contributed by atoms with Gasteiger partial charge in [-0.15, -0.1) is 0 Å². The SMILES string of the molecule is COC1C(OP(O)(=S)OCC2OC(n3cnc4c(=O)[nH]c(N)nc43)C(O)C2O)C(COP(=O)(O)OP(=O)(O)OP(=O)(O)OCC2OC(n3c[n+](C)c4c(=O)[nH]c(N)nc43)C(O)C2O)OC1n1cnc2c(N)ncnc21.